The van der Waals surface area contributed by atoms with Crippen molar-refractivity contribution < 1.29 is 5.11 Å². The maximum absolute atomic E-state index is 9.90. The van der Waals surface area contributed by atoms with Gasteiger partial charge in [-0.05, 0) is 43.5 Å². The van der Waals surface area contributed by atoms with Gasteiger partial charge >= 0.3 is 0 Å². The quantitative estimate of drug-likeness (QED) is 0.792. The molecular formula is C11H16ClNO. The molecule has 0 fully saturated rings. The van der Waals surface area contributed by atoms with Crippen LogP contribution in [-0.2, 0) is 0 Å². The first kappa shape index (κ1) is 11.5. The third kappa shape index (κ3) is 2.08. The molecule has 2 nitrogen and oxygen atoms in total. The molecule has 0 radical (unpaired) electrons. The molecule has 0 amide bonds. The molecule has 0 aromatic heterocycles. The van der Waals surface area contributed by atoms with Crippen molar-refractivity contribution in [2.75, 3.05) is 0 Å². The van der Waals surface area contributed by atoms with Gasteiger partial charge in [0.05, 0.1) is 6.10 Å². The van der Waals surface area contributed by atoms with Gasteiger partial charge in [0.1, 0.15) is 0 Å². The predicted octanol–water partition coefficient (Wildman–Crippen LogP) is 2.34. The van der Waals surface area contributed by atoms with E-state index in [1.807, 2.05) is 26.0 Å². The molecule has 0 heterocycles. The van der Waals surface area contributed by atoms with E-state index < -0.39 is 6.10 Å². The van der Waals surface area contributed by atoms with Crippen molar-refractivity contribution in [3.63, 3.8) is 0 Å². The second kappa shape index (κ2) is 4.30. The summed E-state index contributed by atoms with van der Waals surface area (Å²) in [5.41, 5.74) is 8.45. The molecule has 2 unspecified atom stereocenters. The first-order chi connectivity index (χ1) is 6.45. The van der Waals surface area contributed by atoms with Gasteiger partial charge in [0.15, 0.2) is 0 Å². The molecule has 0 saturated carbocycles. The topological polar surface area (TPSA) is 46.2 Å². The van der Waals surface area contributed by atoms with Crippen LogP contribution < -0.4 is 5.73 Å². The van der Waals surface area contributed by atoms with Crippen molar-refractivity contribution >= 4 is 11.6 Å². The van der Waals surface area contributed by atoms with E-state index in [-0.39, 0.29) is 6.04 Å². The number of benzene rings is 1. The van der Waals surface area contributed by atoms with Crippen LogP contribution in [0.25, 0.3) is 0 Å². The molecule has 0 aliphatic heterocycles. The van der Waals surface area contributed by atoms with E-state index in [2.05, 4.69) is 0 Å². The van der Waals surface area contributed by atoms with Crippen molar-refractivity contribution in [2.45, 2.75) is 32.9 Å². The van der Waals surface area contributed by atoms with Crippen LogP contribution in [0.1, 0.15) is 29.7 Å². The summed E-state index contributed by atoms with van der Waals surface area (Å²) in [6, 6.07) is 3.45. The second-order valence-electron chi connectivity index (χ2n) is 3.71. The molecule has 2 atom stereocenters. The third-order valence-electron chi connectivity index (χ3n) is 2.46. The van der Waals surface area contributed by atoms with Crippen LogP contribution in [0.15, 0.2) is 12.1 Å². The van der Waals surface area contributed by atoms with Crippen LogP contribution in [0, 0.1) is 13.8 Å². The van der Waals surface area contributed by atoms with E-state index >= 15 is 0 Å². The average Bonchev–Trinajstić information content (AvgIpc) is 2.12. The Morgan fingerprint density at radius 2 is 1.93 bits per heavy atom. The normalized spacial score (nSPS) is 15.3. The van der Waals surface area contributed by atoms with E-state index in [0.717, 1.165) is 16.7 Å². The Hall–Kier alpha value is -0.570. The fourth-order valence-corrected chi connectivity index (χ4v) is 1.72. The van der Waals surface area contributed by atoms with Gasteiger partial charge in [-0.2, -0.15) is 0 Å². The highest BCUT2D eigenvalue weighted by atomic mass is 35.5. The number of hydrogen-bond donors (Lipinski definition) is 2. The van der Waals surface area contributed by atoms with Crippen LogP contribution in [0.5, 0.6) is 0 Å². The summed E-state index contributed by atoms with van der Waals surface area (Å²) < 4.78 is 0. The molecule has 1 aromatic carbocycles. The van der Waals surface area contributed by atoms with Gasteiger partial charge in [0, 0.05) is 11.1 Å². The Bertz CT molecular complexity index is 336. The van der Waals surface area contributed by atoms with Crippen LogP contribution in [-0.4, -0.2) is 11.1 Å². The van der Waals surface area contributed by atoms with Crippen molar-refractivity contribution in [1.29, 1.82) is 0 Å². The number of aliphatic hydroxyl groups excluding tert-OH is 1. The van der Waals surface area contributed by atoms with E-state index in [1.54, 1.807) is 6.92 Å². The largest absolute Gasteiger partial charge is 0.387 e. The number of aliphatic hydroxyl groups is 1. The second-order valence-corrected chi connectivity index (χ2v) is 4.11. The number of rotatable bonds is 2. The molecule has 78 valence electrons. The lowest BCUT2D eigenvalue weighted by atomic mass is 9.94. The minimum atomic E-state index is -0.645. The summed E-state index contributed by atoms with van der Waals surface area (Å²) in [7, 11) is 0. The molecule has 1 aromatic rings. The van der Waals surface area contributed by atoms with Gasteiger partial charge < -0.3 is 10.8 Å². The Balaban J connectivity index is 3.25. The maximum Gasteiger partial charge on any atom is 0.0943 e. The third-order valence-corrected chi connectivity index (χ3v) is 2.87. The van der Waals surface area contributed by atoms with Gasteiger partial charge in [-0.3, -0.25) is 0 Å². The molecule has 0 aliphatic rings. The summed E-state index contributed by atoms with van der Waals surface area (Å²) >= 11 is 5.98. The number of aryl methyl sites for hydroxylation is 1. The van der Waals surface area contributed by atoms with E-state index in [1.165, 1.54) is 0 Å². The molecule has 0 bridgehead atoms. The monoisotopic (exact) mass is 213 g/mol. The number of nitrogens with two attached hydrogens (primary N) is 1. The Labute approximate surface area is 89.7 Å². The predicted molar refractivity (Wildman–Crippen MR) is 59.5 cm³/mol. The van der Waals surface area contributed by atoms with Gasteiger partial charge in [-0.15, -0.1) is 0 Å². The lowest BCUT2D eigenvalue weighted by Crippen LogP contribution is -2.25. The van der Waals surface area contributed by atoms with Gasteiger partial charge in [0.2, 0.25) is 0 Å². The van der Waals surface area contributed by atoms with E-state index in [9.17, 15) is 5.11 Å². The summed E-state index contributed by atoms with van der Waals surface area (Å²) in [5.74, 6) is 0. The molecule has 3 heteroatoms. The summed E-state index contributed by atoms with van der Waals surface area (Å²) in [6.07, 6.45) is -0.645. The van der Waals surface area contributed by atoms with Gasteiger partial charge in [-0.1, -0.05) is 17.7 Å². The van der Waals surface area contributed by atoms with Crippen LogP contribution in [0.3, 0.4) is 0 Å². The number of hydrogen-bond acceptors (Lipinski definition) is 2. The summed E-state index contributed by atoms with van der Waals surface area (Å²) in [6.45, 7) is 5.63. The van der Waals surface area contributed by atoms with E-state index in [0.29, 0.717) is 5.02 Å². The van der Waals surface area contributed by atoms with Crippen molar-refractivity contribution in [3.05, 3.63) is 33.8 Å². The summed E-state index contributed by atoms with van der Waals surface area (Å²) in [5, 5.41) is 10.6. The van der Waals surface area contributed by atoms with Gasteiger partial charge in [-0.25, -0.2) is 0 Å². The zero-order valence-electron chi connectivity index (χ0n) is 8.71. The van der Waals surface area contributed by atoms with Crippen LogP contribution in [0.4, 0.5) is 0 Å². The fourth-order valence-electron chi connectivity index (χ4n) is 1.56. The molecule has 0 saturated heterocycles. The lowest BCUT2D eigenvalue weighted by Gasteiger charge is -2.20. The van der Waals surface area contributed by atoms with Crippen molar-refractivity contribution in [1.82, 2.24) is 0 Å². The highest BCUT2D eigenvalue weighted by molar-refractivity contribution is 6.31. The Morgan fingerprint density at radius 1 is 1.36 bits per heavy atom. The van der Waals surface area contributed by atoms with Crippen LogP contribution >= 0.6 is 11.6 Å². The average molecular weight is 214 g/mol. The molecule has 3 N–H and O–H groups in total. The highest BCUT2D eigenvalue weighted by Gasteiger charge is 2.18. The molecule has 1 rings (SSSR count). The van der Waals surface area contributed by atoms with Crippen molar-refractivity contribution in [3.8, 4) is 0 Å². The SMILES string of the molecule is Cc1ccc(Cl)c(C)c1C(O)C(C)N. The standard InChI is InChI=1S/C11H16ClNO/c1-6-4-5-9(12)7(2)10(6)11(14)8(3)13/h4-5,8,11,14H,13H2,1-3H3. The molecular weight excluding hydrogens is 198 g/mol. The fraction of sp³-hybridized carbons (Fsp3) is 0.455. The molecule has 0 aliphatic carbocycles. The minimum Gasteiger partial charge on any atom is -0.387 e. The maximum atomic E-state index is 9.90. The molecule has 0 spiro atoms. The first-order valence-corrected chi connectivity index (χ1v) is 5.02. The molecule has 14 heavy (non-hydrogen) atoms. The Morgan fingerprint density at radius 3 is 2.43 bits per heavy atom. The zero-order valence-corrected chi connectivity index (χ0v) is 9.47. The Kier molecular flexibility index (Phi) is 3.53. The smallest absolute Gasteiger partial charge is 0.0943 e. The first-order valence-electron chi connectivity index (χ1n) is 4.64. The van der Waals surface area contributed by atoms with Crippen LogP contribution in [0.2, 0.25) is 5.02 Å². The minimum absolute atomic E-state index is 0.286. The zero-order chi connectivity index (χ0) is 10.9. The lowest BCUT2D eigenvalue weighted by molar-refractivity contribution is 0.152. The van der Waals surface area contributed by atoms with Crippen molar-refractivity contribution in [2.24, 2.45) is 5.73 Å². The highest BCUT2D eigenvalue weighted by Crippen LogP contribution is 2.28. The number of halogens is 1. The summed E-state index contributed by atoms with van der Waals surface area (Å²) in [4.78, 5) is 0. The van der Waals surface area contributed by atoms with Gasteiger partial charge in [0.25, 0.3) is 0 Å². The van der Waals surface area contributed by atoms with E-state index in [4.69, 9.17) is 17.3 Å².